The van der Waals surface area contributed by atoms with Crippen LogP contribution in [0.15, 0.2) is 46.8 Å². The van der Waals surface area contributed by atoms with E-state index in [1.165, 1.54) is 10.9 Å². The van der Waals surface area contributed by atoms with Crippen LogP contribution in [0.1, 0.15) is 29.5 Å². The second-order valence-corrected chi connectivity index (χ2v) is 7.80. The van der Waals surface area contributed by atoms with Gasteiger partial charge in [0.2, 0.25) is 0 Å². The Bertz CT molecular complexity index is 772. The first-order valence-corrected chi connectivity index (χ1v) is 10.9. The molecule has 166 valence electrons. The van der Waals surface area contributed by atoms with E-state index in [9.17, 15) is 9.50 Å². The van der Waals surface area contributed by atoms with Crippen LogP contribution in [0.2, 0.25) is 0 Å². The minimum absolute atomic E-state index is 0. The number of hydrogen-bond donors (Lipinski definition) is 3. The predicted octanol–water partition coefficient (Wildman–Crippen LogP) is 3.17. The van der Waals surface area contributed by atoms with E-state index in [-0.39, 0.29) is 42.1 Å². The van der Waals surface area contributed by atoms with Gasteiger partial charge in [0.25, 0.3) is 0 Å². The zero-order valence-corrected chi connectivity index (χ0v) is 20.2. The molecule has 3 rings (SSSR count). The summed E-state index contributed by atoms with van der Waals surface area (Å²) in [6.07, 6.45) is -0.951. The minimum atomic E-state index is -0.951. The van der Waals surface area contributed by atoms with Crippen molar-refractivity contribution in [2.24, 2.45) is 4.99 Å². The summed E-state index contributed by atoms with van der Waals surface area (Å²) in [5.74, 6) is 0.200. The summed E-state index contributed by atoms with van der Waals surface area (Å²) in [5, 5.41) is 18.8. The molecule has 0 radical (unpaired) electrons. The number of rotatable bonds is 8. The molecule has 2 heterocycles. The Labute approximate surface area is 198 Å². The van der Waals surface area contributed by atoms with Crippen LogP contribution in [0, 0.1) is 5.82 Å². The number of aliphatic hydroxyl groups excluding tert-OH is 1. The number of hydrogen-bond acceptors (Lipinski definition) is 5. The van der Waals surface area contributed by atoms with Crippen LogP contribution in [0.25, 0.3) is 0 Å². The summed E-state index contributed by atoms with van der Waals surface area (Å²) in [4.78, 5) is 8.42. The van der Waals surface area contributed by atoms with Gasteiger partial charge in [0, 0.05) is 36.6 Å². The van der Waals surface area contributed by atoms with Crippen molar-refractivity contribution in [2.75, 3.05) is 45.9 Å². The first-order chi connectivity index (χ1) is 14.2. The van der Waals surface area contributed by atoms with Gasteiger partial charge in [0.1, 0.15) is 5.82 Å². The summed E-state index contributed by atoms with van der Waals surface area (Å²) in [6.45, 7) is 6.69. The van der Waals surface area contributed by atoms with Gasteiger partial charge in [-0.05, 0) is 24.4 Å². The highest BCUT2D eigenvalue weighted by atomic mass is 127. The third kappa shape index (κ3) is 7.16. The number of thiophene rings is 1. The maximum atomic E-state index is 13.9. The topological polar surface area (TPSA) is 69.1 Å². The number of guanidine groups is 1. The Morgan fingerprint density at radius 3 is 2.67 bits per heavy atom. The highest BCUT2D eigenvalue weighted by molar-refractivity contribution is 14.0. The molecule has 2 aromatic rings. The third-order valence-corrected chi connectivity index (χ3v) is 5.83. The molecule has 9 heteroatoms. The van der Waals surface area contributed by atoms with E-state index in [1.807, 2.05) is 6.92 Å². The lowest BCUT2D eigenvalue weighted by Crippen LogP contribution is -2.42. The Morgan fingerprint density at radius 2 is 2.00 bits per heavy atom. The summed E-state index contributed by atoms with van der Waals surface area (Å²) in [7, 11) is 0. The average Bonchev–Trinajstić information content (AvgIpc) is 3.27. The van der Waals surface area contributed by atoms with E-state index in [0.717, 1.165) is 26.3 Å². The Kier molecular flexibility index (Phi) is 11.0. The maximum absolute atomic E-state index is 13.9. The van der Waals surface area contributed by atoms with E-state index in [2.05, 4.69) is 33.0 Å². The van der Waals surface area contributed by atoms with E-state index in [1.54, 1.807) is 29.5 Å². The van der Waals surface area contributed by atoms with Gasteiger partial charge in [-0.3, -0.25) is 9.89 Å². The molecule has 0 spiro atoms. The first kappa shape index (κ1) is 25.0. The molecule has 6 nitrogen and oxygen atoms in total. The lowest BCUT2D eigenvalue weighted by atomic mass is 10.1. The van der Waals surface area contributed by atoms with Crippen molar-refractivity contribution in [3.8, 4) is 0 Å². The summed E-state index contributed by atoms with van der Waals surface area (Å²) in [5.41, 5.74) is 0.278. The van der Waals surface area contributed by atoms with Gasteiger partial charge < -0.3 is 20.5 Å². The van der Waals surface area contributed by atoms with E-state index in [4.69, 9.17) is 9.73 Å². The number of halogens is 2. The molecule has 2 unspecified atom stereocenters. The number of morpholine rings is 1. The molecular weight excluding hydrogens is 518 g/mol. The van der Waals surface area contributed by atoms with Crippen LogP contribution in [0.3, 0.4) is 0 Å². The van der Waals surface area contributed by atoms with Gasteiger partial charge in [-0.2, -0.15) is 0 Å². The van der Waals surface area contributed by atoms with Gasteiger partial charge in [0.05, 0.1) is 31.9 Å². The molecule has 1 saturated heterocycles. The number of nitrogens with zero attached hydrogens (tertiary/aromatic N) is 2. The standard InChI is InChI=1S/C21H29FN4O2S.HI/c1-2-23-21(25-15-19(27)16-6-3-4-7-17(16)22)24-14-18(20-8-5-13-29-20)26-9-11-28-12-10-26;/h3-8,13,18-19,27H,2,9-12,14-15H2,1H3,(H2,23,24,25);1H. The molecule has 3 N–H and O–H groups in total. The molecule has 0 saturated carbocycles. The number of ether oxygens (including phenoxy) is 1. The van der Waals surface area contributed by atoms with Crippen molar-refractivity contribution in [3.63, 3.8) is 0 Å². The molecule has 1 fully saturated rings. The molecule has 1 aliphatic rings. The molecule has 0 aliphatic carbocycles. The van der Waals surface area contributed by atoms with Crippen LogP contribution >= 0.6 is 35.3 Å². The lowest BCUT2D eigenvalue weighted by Gasteiger charge is -2.33. The van der Waals surface area contributed by atoms with E-state index in [0.29, 0.717) is 19.0 Å². The quantitative estimate of drug-likeness (QED) is 0.269. The number of nitrogens with one attached hydrogen (secondary N) is 2. The zero-order chi connectivity index (χ0) is 20.5. The molecule has 2 atom stereocenters. The van der Waals surface area contributed by atoms with Gasteiger partial charge in [-0.15, -0.1) is 35.3 Å². The second kappa shape index (κ2) is 13.2. The van der Waals surface area contributed by atoms with Crippen molar-refractivity contribution >= 4 is 41.3 Å². The fourth-order valence-electron chi connectivity index (χ4n) is 3.32. The third-order valence-electron chi connectivity index (χ3n) is 4.85. The van der Waals surface area contributed by atoms with Crippen LogP contribution in [-0.2, 0) is 4.74 Å². The molecular formula is C21H30FIN4O2S. The van der Waals surface area contributed by atoms with Crippen LogP contribution in [-0.4, -0.2) is 61.9 Å². The van der Waals surface area contributed by atoms with Crippen LogP contribution in [0.4, 0.5) is 4.39 Å². The first-order valence-electron chi connectivity index (χ1n) is 9.99. The lowest BCUT2D eigenvalue weighted by molar-refractivity contribution is 0.0186. The van der Waals surface area contributed by atoms with Gasteiger partial charge >= 0.3 is 0 Å². The summed E-state index contributed by atoms with van der Waals surface area (Å²) < 4.78 is 19.4. The Morgan fingerprint density at radius 1 is 1.23 bits per heavy atom. The Balaban J connectivity index is 0.00000320. The Hall–Kier alpha value is -1.27. The van der Waals surface area contributed by atoms with Crippen molar-refractivity contribution in [1.82, 2.24) is 15.5 Å². The van der Waals surface area contributed by atoms with E-state index >= 15 is 0 Å². The number of aliphatic imine (C=N–C) groups is 1. The number of benzene rings is 1. The molecule has 0 amide bonds. The smallest absolute Gasteiger partial charge is 0.191 e. The van der Waals surface area contributed by atoms with Crippen molar-refractivity contribution < 1.29 is 14.2 Å². The van der Waals surface area contributed by atoms with Gasteiger partial charge in [-0.25, -0.2) is 4.39 Å². The molecule has 1 aromatic carbocycles. The van der Waals surface area contributed by atoms with Crippen molar-refractivity contribution in [1.29, 1.82) is 0 Å². The zero-order valence-electron chi connectivity index (χ0n) is 17.1. The largest absolute Gasteiger partial charge is 0.386 e. The molecule has 30 heavy (non-hydrogen) atoms. The molecule has 1 aliphatic heterocycles. The maximum Gasteiger partial charge on any atom is 0.191 e. The van der Waals surface area contributed by atoms with Gasteiger partial charge in [-0.1, -0.05) is 24.3 Å². The van der Waals surface area contributed by atoms with Crippen molar-refractivity contribution in [3.05, 3.63) is 58.0 Å². The van der Waals surface area contributed by atoms with Crippen LogP contribution < -0.4 is 10.6 Å². The van der Waals surface area contributed by atoms with Gasteiger partial charge in [0.15, 0.2) is 5.96 Å². The second-order valence-electron chi connectivity index (χ2n) is 6.82. The highest BCUT2D eigenvalue weighted by Crippen LogP contribution is 2.26. The normalized spacial score (nSPS) is 17.1. The molecule has 0 bridgehead atoms. The fourth-order valence-corrected chi connectivity index (χ4v) is 4.18. The molecule has 1 aromatic heterocycles. The monoisotopic (exact) mass is 548 g/mol. The average molecular weight is 548 g/mol. The SMILES string of the molecule is CCNC(=NCC(c1cccs1)N1CCOCC1)NCC(O)c1ccccc1F.I. The van der Waals surface area contributed by atoms with E-state index < -0.39 is 11.9 Å². The van der Waals surface area contributed by atoms with Crippen LogP contribution in [0.5, 0.6) is 0 Å². The minimum Gasteiger partial charge on any atom is -0.386 e. The fraction of sp³-hybridized carbons (Fsp3) is 0.476. The summed E-state index contributed by atoms with van der Waals surface area (Å²) >= 11 is 1.73. The predicted molar refractivity (Wildman–Crippen MR) is 130 cm³/mol. The van der Waals surface area contributed by atoms with Crippen molar-refractivity contribution in [2.45, 2.75) is 19.1 Å². The number of aliphatic hydroxyl groups is 1. The highest BCUT2D eigenvalue weighted by Gasteiger charge is 2.23. The summed E-state index contributed by atoms with van der Waals surface area (Å²) in [6, 6.07) is 10.7.